The molecule has 3 aromatic rings. The average Bonchev–Trinajstić information content (AvgIpc) is 2.91. The molecule has 0 spiro atoms. The van der Waals surface area contributed by atoms with E-state index in [0.29, 0.717) is 5.56 Å². The Balaban J connectivity index is 2.01. The van der Waals surface area contributed by atoms with Gasteiger partial charge in [0.2, 0.25) is 0 Å². The number of rotatable bonds is 3. The van der Waals surface area contributed by atoms with Crippen LogP contribution in [0.25, 0.3) is 10.9 Å². The number of benzene rings is 2. The summed E-state index contributed by atoms with van der Waals surface area (Å²) in [5.41, 5.74) is 5.22. The third-order valence-electron chi connectivity index (χ3n) is 4.60. The maximum Gasteiger partial charge on any atom is 0.337 e. The SMILES string of the molecule is CCc1cn2c3c(cc(C(=O)OC)cc13)N(c1ccccc1)SCC2. The Bertz CT molecular complexity index is 934. The minimum Gasteiger partial charge on any atom is -0.465 e. The molecule has 1 aromatic heterocycles. The zero-order valence-corrected chi connectivity index (χ0v) is 15.2. The number of hydrogen-bond donors (Lipinski definition) is 0. The first-order chi connectivity index (χ1) is 12.2. The summed E-state index contributed by atoms with van der Waals surface area (Å²) in [6.07, 6.45) is 3.16. The van der Waals surface area contributed by atoms with Crippen LogP contribution in [0.3, 0.4) is 0 Å². The maximum atomic E-state index is 12.2. The van der Waals surface area contributed by atoms with Gasteiger partial charge in [0.15, 0.2) is 0 Å². The summed E-state index contributed by atoms with van der Waals surface area (Å²) in [6.45, 7) is 3.11. The van der Waals surface area contributed by atoms with Crippen LogP contribution in [0.1, 0.15) is 22.8 Å². The lowest BCUT2D eigenvalue weighted by Crippen LogP contribution is -2.09. The predicted molar refractivity (Wildman–Crippen MR) is 104 cm³/mol. The topological polar surface area (TPSA) is 34.5 Å². The molecule has 0 saturated carbocycles. The van der Waals surface area contributed by atoms with Gasteiger partial charge in [-0.05, 0) is 48.2 Å². The average molecular weight is 352 g/mol. The van der Waals surface area contributed by atoms with Crippen LogP contribution in [0.4, 0.5) is 11.4 Å². The Labute approximate surface area is 151 Å². The standard InChI is InChI=1S/C20H20N2O2S/c1-3-14-13-21-9-10-25-22(16-7-5-4-6-8-16)18-12-15(20(23)24-2)11-17(14)19(18)21/h4-8,11-13H,3,9-10H2,1-2H3. The van der Waals surface area contributed by atoms with Crippen molar-refractivity contribution in [1.29, 1.82) is 0 Å². The zero-order valence-electron chi connectivity index (χ0n) is 14.4. The number of para-hydroxylation sites is 1. The number of hydrogen-bond acceptors (Lipinski definition) is 4. The van der Waals surface area contributed by atoms with Crippen LogP contribution in [0.5, 0.6) is 0 Å². The number of carbonyl (C=O) groups is 1. The van der Waals surface area contributed by atoms with Crippen LogP contribution in [0.2, 0.25) is 0 Å². The van der Waals surface area contributed by atoms with Gasteiger partial charge in [0, 0.05) is 23.9 Å². The van der Waals surface area contributed by atoms with Crippen LogP contribution in [0.15, 0.2) is 48.7 Å². The van der Waals surface area contributed by atoms with Crippen molar-refractivity contribution in [3.63, 3.8) is 0 Å². The van der Waals surface area contributed by atoms with Gasteiger partial charge in [0.05, 0.1) is 29.6 Å². The molecule has 0 amide bonds. The molecule has 0 saturated heterocycles. The molecular weight excluding hydrogens is 332 g/mol. The van der Waals surface area contributed by atoms with Crippen molar-refractivity contribution in [2.45, 2.75) is 19.9 Å². The van der Waals surface area contributed by atoms with Crippen LogP contribution >= 0.6 is 11.9 Å². The lowest BCUT2D eigenvalue weighted by Gasteiger charge is -2.23. The van der Waals surface area contributed by atoms with Gasteiger partial charge in [-0.2, -0.15) is 0 Å². The highest BCUT2D eigenvalue weighted by Crippen LogP contribution is 2.42. The normalized spacial score (nSPS) is 13.8. The fraction of sp³-hybridized carbons (Fsp3) is 0.250. The number of anilines is 2. The van der Waals surface area contributed by atoms with Crippen molar-refractivity contribution in [3.8, 4) is 0 Å². The van der Waals surface area contributed by atoms with Crippen LogP contribution in [-0.2, 0) is 17.7 Å². The lowest BCUT2D eigenvalue weighted by atomic mass is 10.1. The Morgan fingerprint density at radius 1 is 1.24 bits per heavy atom. The van der Waals surface area contributed by atoms with Crippen LogP contribution in [0, 0.1) is 0 Å². The van der Waals surface area contributed by atoms with E-state index in [0.717, 1.165) is 35.5 Å². The van der Waals surface area contributed by atoms with Gasteiger partial charge in [-0.15, -0.1) is 0 Å². The third kappa shape index (κ3) is 2.68. The molecule has 0 atom stereocenters. The molecule has 25 heavy (non-hydrogen) atoms. The number of aryl methyl sites for hydroxylation is 2. The molecule has 4 rings (SSSR count). The molecule has 128 valence electrons. The van der Waals surface area contributed by atoms with E-state index in [2.05, 4.69) is 34.1 Å². The quantitative estimate of drug-likeness (QED) is 0.501. The van der Waals surface area contributed by atoms with Crippen molar-refractivity contribution in [2.24, 2.45) is 0 Å². The molecule has 0 aliphatic carbocycles. The number of carbonyl (C=O) groups excluding carboxylic acids is 1. The first-order valence-corrected chi connectivity index (χ1v) is 9.39. The van der Waals surface area contributed by atoms with Gasteiger partial charge in [0.25, 0.3) is 0 Å². The summed E-state index contributed by atoms with van der Waals surface area (Å²) >= 11 is 1.77. The van der Waals surface area contributed by atoms with E-state index in [4.69, 9.17) is 4.74 Å². The molecule has 1 aliphatic rings. The van der Waals surface area contributed by atoms with E-state index in [1.54, 1.807) is 11.9 Å². The maximum absolute atomic E-state index is 12.2. The highest BCUT2D eigenvalue weighted by atomic mass is 32.2. The van der Waals surface area contributed by atoms with E-state index in [-0.39, 0.29) is 5.97 Å². The van der Waals surface area contributed by atoms with Gasteiger partial charge < -0.3 is 9.30 Å². The van der Waals surface area contributed by atoms with E-state index in [1.807, 2.05) is 30.3 Å². The molecule has 0 radical (unpaired) electrons. The minimum absolute atomic E-state index is 0.296. The third-order valence-corrected chi connectivity index (χ3v) is 5.63. The molecule has 4 nitrogen and oxygen atoms in total. The number of aromatic nitrogens is 1. The van der Waals surface area contributed by atoms with Crippen LogP contribution in [-0.4, -0.2) is 23.4 Å². The van der Waals surface area contributed by atoms with Gasteiger partial charge in [0.1, 0.15) is 0 Å². The fourth-order valence-electron chi connectivity index (χ4n) is 3.41. The largest absolute Gasteiger partial charge is 0.465 e. The van der Waals surface area contributed by atoms with Crippen molar-refractivity contribution in [3.05, 3.63) is 59.8 Å². The molecular formula is C20H20N2O2S. The zero-order chi connectivity index (χ0) is 17.4. The van der Waals surface area contributed by atoms with Crippen molar-refractivity contribution in [2.75, 3.05) is 17.2 Å². The molecule has 5 heteroatoms. The molecule has 2 aromatic carbocycles. The Morgan fingerprint density at radius 2 is 2.04 bits per heavy atom. The van der Waals surface area contributed by atoms with E-state index < -0.39 is 0 Å². The minimum atomic E-state index is -0.296. The van der Waals surface area contributed by atoms with Crippen LogP contribution < -0.4 is 4.31 Å². The van der Waals surface area contributed by atoms with E-state index in [1.165, 1.54) is 18.2 Å². The molecule has 0 bridgehead atoms. The summed E-state index contributed by atoms with van der Waals surface area (Å²) in [6, 6.07) is 14.2. The van der Waals surface area contributed by atoms with E-state index in [9.17, 15) is 4.79 Å². The summed E-state index contributed by atoms with van der Waals surface area (Å²) in [5, 5.41) is 1.14. The highest BCUT2D eigenvalue weighted by molar-refractivity contribution is 8.01. The van der Waals surface area contributed by atoms with Gasteiger partial charge in [-0.1, -0.05) is 25.1 Å². The summed E-state index contributed by atoms with van der Waals surface area (Å²) in [4.78, 5) is 12.2. The molecule has 0 fully saturated rings. The second-order valence-electron chi connectivity index (χ2n) is 6.05. The van der Waals surface area contributed by atoms with Crippen molar-refractivity contribution in [1.82, 2.24) is 4.57 Å². The summed E-state index contributed by atoms with van der Waals surface area (Å²) in [5.74, 6) is 0.680. The van der Waals surface area contributed by atoms with Gasteiger partial charge in [-0.3, -0.25) is 4.31 Å². The Hall–Kier alpha value is -2.40. The van der Waals surface area contributed by atoms with E-state index >= 15 is 0 Å². The smallest absolute Gasteiger partial charge is 0.337 e. The fourth-order valence-corrected chi connectivity index (χ4v) is 4.42. The second kappa shape index (κ2) is 6.48. The first kappa shape index (κ1) is 16.1. The number of ether oxygens (including phenoxy) is 1. The molecule has 1 aliphatic heterocycles. The van der Waals surface area contributed by atoms with Crippen molar-refractivity contribution >= 4 is 40.2 Å². The lowest BCUT2D eigenvalue weighted by molar-refractivity contribution is 0.0601. The molecule has 2 heterocycles. The van der Waals surface area contributed by atoms with Gasteiger partial charge in [-0.25, -0.2) is 4.79 Å². The predicted octanol–water partition coefficient (Wildman–Crippen LogP) is 4.79. The Morgan fingerprint density at radius 3 is 2.76 bits per heavy atom. The second-order valence-corrected chi connectivity index (χ2v) is 7.08. The Kier molecular flexibility index (Phi) is 4.17. The van der Waals surface area contributed by atoms with Crippen molar-refractivity contribution < 1.29 is 9.53 Å². The highest BCUT2D eigenvalue weighted by Gasteiger charge is 2.23. The number of nitrogens with zero attached hydrogens (tertiary/aromatic N) is 2. The summed E-state index contributed by atoms with van der Waals surface area (Å²) in [7, 11) is 1.43. The number of esters is 1. The van der Waals surface area contributed by atoms with Gasteiger partial charge >= 0.3 is 5.97 Å². The monoisotopic (exact) mass is 352 g/mol. The first-order valence-electron chi connectivity index (χ1n) is 8.45. The number of methoxy groups -OCH3 is 1. The molecule has 0 unspecified atom stereocenters. The molecule has 0 N–H and O–H groups in total. The summed E-state index contributed by atoms with van der Waals surface area (Å²) < 4.78 is 9.54.